The Hall–Kier alpha value is -3.73. The predicted octanol–water partition coefficient (Wildman–Crippen LogP) is 1.87. The van der Waals surface area contributed by atoms with Gasteiger partial charge in [0.25, 0.3) is 5.91 Å². The van der Waals surface area contributed by atoms with Crippen molar-refractivity contribution in [2.75, 3.05) is 5.32 Å². The van der Waals surface area contributed by atoms with Gasteiger partial charge in [-0.3, -0.25) is 9.59 Å². The molecule has 0 radical (unpaired) electrons. The first-order valence-corrected chi connectivity index (χ1v) is 7.86. The van der Waals surface area contributed by atoms with E-state index in [1.807, 2.05) is 18.2 Å². The van der Waals surface area contributed by atoms with Gasteiger partial charge >= 0.3 is 5.97 Å². The lowest BCUT2D eigenvalue weighted by molar-refractivity contribution is -0.153. The molecule has 1 N–H and O–H groups in total. The highest BCUT2D eigenvalue weighted by atomic mass is 16.5. The molecule has 3 rings (SSSR count). The van der Waals surface area contributed by atoms with Crippen LogP contribution >= 0.6 is 0 Å². The second kappa shape index (κ2) is 7.44. The Labute approximate surface area is 149 Å². The van der Waals surface area contributed by atoms with Gasteiger partial charge in [-0.25, -0.2) is 4.68 Å². The number of hydrogen-bond acceptors (Lipinski definition) is 6. The number of nitrogens with one attached hydrogen (secondary N) is 1. The third-order valence-corrected chi connectivity index (χ3v) is 3.68. The standard InChI is InChI=1S/C18H15N5O3/c1-12(18(25)20-14-7-3-2-6-13(14)10-19)26-17(24)11-23-16-9-5-4-8-15(16)21-22-23/h2-9,12H,11H2,1H3,(H,20,25)/t12-/m1/s1. The summed E-state index contributed by atoms with van der Waals surface area (Å²) < 4.78 is 6.57. The van der Waals surface area contributed by atoms with E-state index in [9.17, 15) is 9.59 Å². The smallest absolute Gasteiger partial charge is 0.328 e. The summed E-state index contributed by atoms with van der Waals surface area (Å²) in [7, 11) is 0. The van der Waals surface area contributed by atoms with Crippen molar-refractivity contribution in [3.8, 4) is 6.07 Å². The molecule has 2 aromatic carbocycles. The van der Waals surface area contributed by atoms with E-state index in [2.05, 4.69) is 15.6 Å². The molecule has 0 bridgehead atoms. The molecule has 0 fully saturated rings. The highest BCUT2D eigenvalue weighted by Gasteiger charge is 2.20. The van der Waals surface area contributed by atoms with Crippen LogP contribution in [0.4, 0.5) is 5.69 Å². The minimum Gasteiger partial charge on any atom is -0.451 e. The maximum Gasteiger partial charge on any atom is 0.328 e. The van der Waals surface area contributed by atoms with E-state index in [0.29, 0.717) is 22.3 Å². The van der Waals surface area contributed by atoms with Crippen molar-refractivity contribution in [1.82, 2.24) is 15.0 Å². The molecule has 0 aliphatic heterocycles. The summed E-state index contributed by atoms with van der Waals surface area (Å²) in [6.45, 7) is 1.30. The maximum absolute atomic E-state index is 12.2. The van der Waals surface area contributed by atoms with Crippen molar-refractivity contribution in [1.29, 1.82) is 5.26 Å². The first kappa shape index (κ1) is 17.1. The second-order valence-electron chi connectivity index (χ2n) is 5.51. The van der Waals surface area contributed by atoms with Gasteiger partial charge in [-0.1, -0.05) is 29.5 Å². The number of aromatic nitrogens is 3. The lowest BCUT2D eigenvalue weighted by atomic mass is 10.2. The summed E-state index contributed by atoms with van der Waals surface area (Å²) in [6, 6.07) is 15.8. The molecule has 0 unspecified atom stereocenters. The second-order valence-corrected chi connectivity index (χ2v) is 5.51. The number of rotatable bonds is 5. The van der Waals surface area contributed by atoms with Gasteiger partial charge in [-0.15, -0.1) is 5.10 Å². The molecule has 3 aromatic rings. The minimum absolute atomic E-state index is 0.160. The van der Waals surface area contributed by atoms with Gasteiger partial charge in [0.15, 0.2) is 6.10 Å². The summed E-state index contributed by atoms with van der Waals surface area (Å²) in [6.07, 6.45) is -1.02. The molecule has 1 aromatic heterocycles. The van der Waals surface area contributed by atoms with Gasteiger partial charge in [-0.2, -0.15) is 5.26 Å². The van der Waals surface area contributed by atoms with E-state index < -0.39 is 18.0 Å². The molecular formula is C18H15N5O3. The molecule has 0 spiro atoms. The Morgan fingerprint density at radius 1 is 1.23 bits per heavy atom. The average Bonchev–Trinajstić information content (AvgIpc) is 3.05. The lowest BCUT2D eigenvalue weighted by Crippen LogP contribution is -2.31. The Bertz CT molecular complexity index is 1010. The van der Waals surface area contributed by atoms with Crippen LogP contribution < -0.4 is 5.32 Å². The number of benzene rings is 2. The molecule has 0 aliphatic carbocycles. The SMILES string of the molecule is C[C@@H](OC(=O)Cn1nnc2ccccc21)C(=O)Nc1ccccc1C#N. The van der Waals surface area contributed by atoms with E-state index in [0.717, 1.165) is 0 Å². The zero-order valence-corrected chi connectivity index (χ0v) is 13.9. The molecule has 0 saturated heterocycles. The van der Waals surface area contributed by atoms with Crippen molar-refractivity contribution >= 4 is 28.6 Å². The van der Waals surface area contributed by atoms with Crippen LogP contribution in [0.2, 0.25) is 0 Å². The third-order valence-electron chi connectivity index (χ3n) is 3.68. The summed E-state index contributed by atoms with van der Waals surface area (Å²) in [5.41, 5.74) is 2.06. The molecule has 1 amide bonds. The van der Waals surface area contributed by atoms with Crippen LogP contribution in [-0.2, 0) is 20.9 Å². The van der Waals surface area contributed by atoms with Crippen molar-refractivity contribution < 1.29 is 14.3 Å². The monoisotopic (exact) mass is 349 g/mol. The number of para-hydroxylation sites is 2. The van der Waals surface area contributed by atoms with Crippen LogP contribution in [0.3, 0.4) is 0 Å². The Kier molecular flexibility index (Phi) is 4.90. The summed E-state index contributed by atoms with van der Waals surface area (Å²) in [5.74, 6) is -1.14. The van der Waals surface area contributed by atoms with Gasteiger partial charge in [-0.05, 0) is 31.2 Å². The van der Waals surface area contributed by atoms with E-state index in [1.165, 1.54) is 11.6 Å². The number of nitriles is 1. The summed E-state index contributed by atoms with van der Waals surface area (Å²) >= 11 is 0. The number of fused-ring (bicyclic) bond motifs is 1. The molecule has 8 nitrogen and oxygen atoms in total. The minimum atomic E-state index is -1.02. The van der Waals surface area contributed by atoms with E-state index in [-0.39, 0.29) is 6.54 Å². The van der Waals surface area contributed by atoms with Crippen LogP contribution in [0.15, 0.2) is 48.5 Å². The lowest BCUT2D eigenvalue weighted by Gasteiger charge is -2.14. The van der Waals surface area contributed by atoms with E-state index >= 15 is 0 Å². The fraction of sp³-hybridized carbons (Fsp3) is 0.167. The quantitative estimate of drug-likeness (QED) is 0.704. The molecule has 1 heterocycles. The maximum atomic E-state index is 12.2. The normalized spacial score (nSPS) is 11.5. The number of carbonyl (C=O) groups excluding carboxylic acids is 2. The van der Waals surface area contributed by atoms with Gasteiger partial charge in [0, 0.05) is 0 Å². The van der Waals surface area contributed by atoms with Gasteiger partial charge < -0.3 is 10.1 Å². The summed E-state index contributed by atoms with van der Waals surface area (Å²) in [5, 5.41) is 19.5. The molecule has 8 heteroatoms. The number of nitrogens with zero attached hydrogens (tertiary/aromatic N) is 4. The number of ether oxygens (including phenoxy) is 1. The fourth-order valence-electron chi connectivity index (χ4n) is 2.37. The number of esters is 1. The van der Waals surface area contributed by atoms with Gasteiger partial charge in [0.05, 0.1) is 16.8 Å². The van der Waals surface area contributed by atoms with Crippen LogP contribution in [0, 0.1) is 11.3 Å². The molecular weight excluding hydrogens is 334 g/mol. The largest absolute Gasteiger partial charge is 0.451 e. The Morgan fingerprint density at radius 2 is 1.96 bits per heavy atom. The molecule has 0 aliphatic rings. The molecule has 0 saturated carbocycles. The first-order valence-electron chi connectivity index (χ1n) is 7.86. The molecule has 26 heavy (non-hydrogen) atoms. The number of anilines is 1. The van der Waals surface area contributed by atoms with E-state index in [4.69, 9.17) is 10.00 Å². The fourth-order valence-corrected chi connectivity index (χ4v) is 2.37. The van der Waals surface area contributed by atoms with Crippen molar-refractivity contribution in [2.45, 2.75) is 19.6 Å². The number of hydrogen-bond donors (Lipinski definition) is 1. The van der Waals surface area contributed by atoms with Crippen LogP contribution in [0.1, 0.15) is 12.5 Å². The predicted molar refractivity (Wildman–Crippen MR) is 92.9 cm³/mol. The van der Waals surface area contributed by atoms with E-state index in [1.54, 1.807) is 36.4 Å². The van der Waals surface area contributed by atoms with Gasteiger partial charge in [0.1, 0.15) is 18.1 Å². The zero-order chi connectivity index (χ0) is 18.5. The first-order chi connectivity index (χ1) is 12.6. The molecule has 1 atom stereocenters. The highest BCUT2D eigenvalue weighted by Crippen LogP contribution is 2.14. The molecule has 130 valence electrons. The highest BCUT2D eigenvalue weighted by molar-refractivity contribution is 5.96. The van der Waals surface area contributed by atoms with Crippen LogP contribution in [-0.4, -0.2) is 33.0 Å². The van der Waals surface area contributed by atoms with Gasteiger partial charge in [0.2, 0.25) is 0 Å². The third kappa shape index (κ3) is 3.67. The Morgan fingerprint density at radius 3 is 2.77 bits per heavy atom. The average molecular weight is 349 g/mol. The van der Waals surface area contributed by atoms with Crippen LogP contribution in [0.25, 0.3) is 11.0 Å². The topological polar surface area (TPSA) is 110 Å². The Balaban J connectivity index is 1.62. The van der Waals surface area contributed by atoms with Crippen LogP contribution in [0.5, 0.6) is 0 Å². The number of carbonyl (C=O) groups is 2. The van der Waals surface area contributed by atoms with Crippen molar-refractivity contribution in [3.05, 3.63) is 54.1 Å². The zero-order valence-electron chi connectivity index (χ0n) is 13.9. The van der Waals surface area contributed by atoms with Crippen molar-refractivity contribution in [2.24, 2.45) is 0 Å². The summed E-state index contributed by atoms with van der Waals surface area (Å²) in [4.78, 5) is 24.3. The number of amides is 1. The van der Waals surface area contributed by atoms with Crippen molar-refractivity contribution in [3.63, 3.8) is 0 Å².